The second kappa shape index (κ2) is 6.27. The Bertz CT molecular complexity index is 1060. The molecular formula is C22H21N3O2. The predicted octanol–water partition coefficient (Wildman–Crippen LogP) is 4.68. The largest absolute Gasteiger partial charge is 0.459 e. The molecule has 0 bridgehead atoms. The van der Waals surface area contributed by atoms with Gasteiger partial charge < -0.3 is 14.7 Å². The molecule has 5 nitrogen and oxygen atoms in total. The molecule has 1 amide bonds. The van der Waals surface area contributed by atoms with Crippen molar-refractivity contribution in [3.8, 4) is 0 Å². The van der Waals surface area contributed by atoms with Gasteiger partial charge in [-0.1, -0.05) is 30.3 Å². The Kier molecular flexibility index (Phi) is 3.74. The summed E-state index contributed by atoms with van der Waals surface area (Å²) in [5.74, 6) is 2.55. The van der Waals surface area contributed by atoms with Gasteiger partial charge in [0.1, 0.15) is 17.2 Å². The van der Waals surface area contributed by atoms with Crippen LogP contribution in [0.3, 0.4) is 0 Å². The second-order valence-electron chi connectivity index (χ2n) is 7.42. The molecule has 5 rings (SSSR count). The number of furan rings is 1. The Hall–Kier alpha value is -3.08. The van der Waals surface area contributed by atoms with Crippen LogP contribution in [0.1, 0.15) is 43.3 Å². The van der Waals surface area contributed by atoms with E-state index in [0.29, 0.717) is 18.3 Å². The highest BCUT2D eigenvalue weighted by Gasteiger charge is 2.41. The minimum atomic E-state index is -0.145. The van der Waals surface area contributed by atoms with Crippen molar-refractivity contribution in [2.45, 2.75) is 31.7 Å². The number of nitrogens with one attached hydrogen (secondary N) is 2. The number of amides is 1. The molecule has 2 heterocycles. The van der Waals surface area contributed by atoms with E-state index in [4.69, 9.17) is 4.42 Å². The smallest absolute Gasteiger partial charge is 0.220 e. The molecule has 2 aromatic heterocycles. The topological polar surface area (TPSA) is 70.9 Å². The van der Waals surface area contributed by atoms with E-state index in [1.807, 2.05) is 61.5 Å². The number of nitrogens with zero attached hydrogens (tertiary/aromatic N) is 1. The number of imidazole rings is 1. The van der Waals surface area contributed by atoms with Gasteiger partial charge in [-0.05, 0) is 43.5 Å². The Labute approximate surface area is 156 Å². The number of carbonyl (C=O) groups is 1. The number of benzene rings is 2. The normalized spacial score (nSPS) is 20.0. The molecule has 2 aromatic carbocycles. The molecule has 1 aliphatic carbocycles. The molecule has 0 radical (unpaired) electrons. The number of hydrogen-bond acceptors (Lipinski definition) is 3. The van der Waals surface area contributed by atoms with Gasteiger partial charge in [0.25, 0.3) is 0 Å². The van der Waals surface area contributed by atoms with Gasteiger partial charge in [0.15, 0.2) is 0 Å². The summed E-state index contributed by atoms with van der Waals surface area (Å²) >= 11 is 0. The van der Waals surface area contributed by atoms with E-state index in [-0.39, 0.29) is 11.9 Å². The minimum absolute atomic E-state index is 0.0616. The van der Waals surface area contributed by atoms with Crippen LogP contribution in [-0.2, 0) is 4.79 Å². The zero-order chi connectivity index (χ0) is 18.4. The fourth-order valence-electron chi connectivity index (χ4n) is 3.78. The van der Waals surface area contributed by atoms with Crippen molar-refractivity contribution in [1.82, 2.24) is 15.3 Å². The lowest BCUT2D eigenvalue weighted by Crippen LogP contribution is -2.26. The zero-order valence-corrected chi connectivity index (χ0v) is 15.1. The van der Waals surface area contributed by atoms with Gasteiger partial charge in [0.05, 0.1) is 17.1 Å². The third kappa shape index (κ3) is 3.10. The number of fused-ring (bicyclic) bond motifs is 2. The molecule has 1 aliphatic rings. The van der Waals surface area contributed by atoms with E-state index in [0.717, 1.165) is 40.0 Å². The Balaban J connectivity index is 1.21. The molecule has 136 valence electrons. The van der Waals surface area contributed by atoms with Gasteiger partial charge in [-0.2, -0.15) is 0 Å². The maximum atomic E-state index is 12.5. The van der Waals surface area contributed by atoms with Gasteiger partial charge in [0.2, 0.25) is 5.91 Å². The molecule has 0 unspecified atom stereocenters. The quantitative estimate of drug-likeness (QED) is 0.543. The predicted molar refractivity (Wildman–Crippen MR) is 104 cm³/mol. The van der Waals surface area contributed by atoms with Crippen molar-refractivity contribution in [2.75, 3.05) is 0 Å². The molecular weight excluding hydrogens is 338 g/mol. The van der Waals surface area contributed by atoms with E-state index in [1.165, 1.54) is 0 Å². The molecule has 0 saturated heterocycles. The molecule has 4 aromatic rings. The SMILES string of the molecule is C[C@@H](NC(=O)C[C@@H]1C[C@@H]1c1nc2ccccc2[nH]1)c1cc2ccccc2o1. The maximum Gasteiger partial charge on any atom is 0.220 e. The van der Waals surface area contributed by atoms with Crippen molar-refractivity contribution >= 4 is 27.9 Å². The maximum absolute atomic E-state index is 12.5. The van der Waals surface area contributed by atoms with Gasteiger partial charge in [0, 0.05) is 17.7 Å². The highest BCUT2D eigenvalue weighted by atomic mass is 16.3. The number of H-pyrrole nitrogens is 1. The van der Waals surface area contributed by atoms with Crippen LogP contribution in [0, 0.1) is 5.92 Å². The van der Waals surface area contributed by atoms with Crippen LogP contribution >= 0.6 is 0 Å². The Morgan fingerprint density at radius 1 is 1.26 bits per heavy atom. The summed E-state index contributed by atoms with van der Waals surface area (Å²) in [4.78, 5) is 20.5. The number of para-hydroxylation sites is 3. The monoisotopic (exact) mass is 359 g/mol. The van der Waals surface area contributed by atoms with Gasteiger partial charge in [-0.3, -0.25) is 4.79 Å². The van der Waals surface area contributed by atoms with Gasteiger partial charge in [-0.15, -0.1) is 0 Å². The Morgan fingerprint density at radius 3 is 2.93 bits per heavy atom. The summed E-state index contributed by atoms with van der Waals surface area (Å²) in [6.07, 6.45) is 1.53. The van der Waals surface area contributed by atoms with Gasteiger partial charge >= 0.3 is 0 Å². The van der Waals surface area contributed by atoms with Gasteiger partial charge in [-0.25, -0.2) is 4.98 Å². The third-order valence-electron chi connectivity index (χ3n) is 5.38. The second-order valence-corrected chi connectivity index (χ2v) is 7.42. The average Bonchev–Trinajstić information content (AvgIpc) is 3.11. The minimum Gasteiger partial charge on any atom is -0.459 e. The van der Waals surface area contributed by atoms with Crippen LogP contribution in [0.25, 0.3) is 22.0 Å². The lowest BCUT2D eigenvalue weighted by Gasteiger charge is -2.11. The number of carbonyl (C=O) groups excluding carboxylic acids is 1. The Morgan fingerprint density at radius 2 is 2.07 bits per heavy atom. The van der Waals surface area contributed by atoms with Crippen LogP contribution in [0.4, 0.5) is 0 Å². The standard InChI is InChI=1S/C22H21N3O2/c1-13(20-11-14-6-2-5-9-19(14)27-20)23-21(26)12-15-10-16(15)22-24-17-7-3-4-8-18(17)25-22/h2-9,11,13,15-16H,10,12H2,1H3,(H,23,26)(H,24,25)/t13-,15+,16+/m1/s1. The summed E-state index contributed by atoms with van der Waals surface area (Å²) in [6.45, 7) is 1.96. The first-order valence-corrected chi connectivity index (χ1v) is 9.40. The van der Waals surface area contributed by atoms with Crippen LogP contribution < -0.4 is 5.32 Å². The van der Waals surface area contributed by atoms with Crippen molar-refractivity contribution in [3.05, 3.63) is 66.2 Å². The van der Waals surface area contributed by atoms with Crippen LogP contribution in [0.15, 0.2) is 59.0 Å². The molecule has 0 spiro atoms. The fraction of sp³-hybridized carbons (Fsp3) is 0.273. The fourth-order valence-corrected chi connectivity index (χ4v) is 3.78. The highest BCUT2D eigenvalue weighted by molar-refractivity contribution is 5.79. The molecule has 1 fully saturated rings. The van der Waals surface area contributed by atoms with E-state index >= 15 is 0 Å². The third-order valence-corrected chi connectivity index (χ3v) is 5.38. The van der Waals surface area contributed by atoms with Crippen molar-refractivity contribution < 1.29 is 9.21 Å². The number of aromatic amines is 1. The summed E-state index contributed by atoms with van der Waals surface area (Å²) in [6, 6.07) is 17.8. The first-order chi connectivity index (χ1) is 13.2. The lowest BCUT2D eigenvalue weighted by atomic mass is 10.2. The average molecular weight is 359 g/mol. The summed E-state index contributed by atoms with van der Waals surface area (Å²) in [7, 11) is 0. The molecule has 5 heteroatoms. The van der Waals surface area contributed by atoms with E-state index in [9.17, 15) is 4.79 Å². The molecule has 0 aliphatic heterocycles. The summed E-state index contributed by atoms with van der Waals surface area (Å²) < 4.78 is 5.85. The lowest BCUT2D eigenvalue weighted by molar-refractivity contribution is -0.122. The first-order valence-electron chi connectivity index (χ1n) is 9.40. The number of rotatable bonds is 5. The van der Waals surface area contributed by atoms with Crippen molar-refractivity contribution in [2.24, 2.45) is 5.92 Å². The van der Waals surface area contributed by atoms with Crippen molar-refractivity contribution in [1.29, 1.82) is 0 Å². The van der Waals surface area contributed by atoms with E-state index in [1.54, 1.807) is 0 Å². The van der Waals surface area contributed by atoms with E-state index in [2.05, 4.69) is 15.3 Å². The van der Waals surface area contributed by atoms with Crippen LogP contribution in [0.2, 0.25) is 0 Å². The molecule has 1 saturated carbocycles. The molecule has 3 atom stereocenters. The van der Waals surface area contributed by atoms with Crippen LogP contribution in [-0.4, -0.2) is 15.9 Å². The van der Waals surface area contributed by atoms with Crippen LogP contribution in [0.5, 0.6) is 0 Å². The molecule has 2 N–H and O–H groups in total. The zero-order valence-electron chi connectivity index (χ0n) is 15.1. The highest BCUT2D eigenvalue weighted by Crippen LogP contribution is 2.48. The number of aromatic nitrogens is 2. The van der Waals surface area contributed by atoms with E-state index < -0.39 is 0 Å². The van der Waals surface area contributed by atoms with Crippen molar-refractivity contribution in [3.63, 3.8) is 0 Å². The summed E-state index contributed by atoms with van der Waals surface area (Å²) in [5.41, 5.74) is 2.89. The molecule has 27 heavy (non-hydrogen) atoms. The summed E-state index contributed by atoms with van der Waals surface area (Å²) in [5, 5.41) is 4.12. The first kappa shape index (κ1) is 16.1. The number of hydrogen-bond donors (Lipinski definition) is 2.